The van der Waals surface area contributed by atoms with Gasteiger partial charge in [0, 0.05) is 6.54 Å². The number of ether oxygens (including phenoxy) is 1. The summed E-state index contributed by atoms with van der Waals surface area (Å²) in [7, 11) is 1.97. The van der Waals surface area contributed by atoms with E-state index in [9.17, 15) is 0 Å². The molecule has 0 saturated carbocycles. The van der Waals surface area contributed by atoms with Crippen molar-refractivity contribution in [2.24, 2.45) is 0 Å². The van der Waals surface area contributed by atoms with Crippen LogP contribution < -0.4 is 10.1 Å². The average molecular weight is 283 g/mol. The summed E-state index contributed by atoms with van der Waals surface area (Å²) in [6, 6.07) is 10.8. The van der Waals surface area contributed by atoms with Crippen LogP contribution in [0.4, 0.5) is 0 Å². The molecule has 2 aromatic rings. The normalized spacial score (nSPS) is 10.7. The highest BCUT2D eigenvalue weighted by Crippen LogP contribution is 2.26. The molecule has 0 aromatic heterocycles. The van der Waals surface area contributed by atoms with Gasteiger partial charge in [0.2, 0.25) is 0 Å². The van der Waals surface area contributed by atoms with Gasteiger partial charge in [-0.05, 0) is 68.1 Å². The van der Waals surface area contributed by atoms with Crippen molar-refractivity contribution in [1.29, 1.82) is 0 Å². The molecule has 0 radical (unpaired) electrons. The van der Waals surface area contributed by atoms with Crippen LogP contribution in [0.15, 0.2) is 30.3 Å². The number of hydrogen-bond acceptors (Lipinski definition) is 2. The number of rotatable bonds is 5. The zero-order valence-electron chi connectivity index (χ0n) is 13.7. The van der Waals surface area contributed by atoms with Crippen molar-refractivity contribution in [3.63, 3.8) is 0 Å². The van der Waals surface area contributed by atoms with Gasteiger partial charge in [0.15, 0.2) is 0 Å². The van der Waals surface area contributed by atoms with Gasteiger partial charge < -0.3 is 10.1 Å². The van der Waals surface area contributed by atoms with Crippen molar-refractivity contribution >= 4 is 0 Å². The Hall–Kier alpha value is -1.80. The van der Waals surface area contributed by atoms with Gasteiger partial charge in [0.1, 0.15) is 12.4 Å². The molecule has 0 aliphatic heterocycles. The zero-order chi connectivity index (χ0) is 15.4. The highest BCUT2D eigenvalue weighted by atomic mass is 16.5. The maximum atomic E-state index is 6.13. The Morgan fingerprint density at radius 1 is 0.905 bits per heavy atom. The zero-order valence-corrected chi connectivity index (χ0v) is 13.7. The van der Waals surface area contributed by atoms with E-state index < -0.39 is 0 Å². The van der Waals surface area contributed by atoms with Crippen molar-refractivity contribution in [3.8, 4) is 5.75 Å². The van der Waals surface area contributed by atoms with Gasteiger partial charge in [-0.1, -0.05) is 30.3 Å². The van der Waals surface area contributed by atoms with Gasteiger partial charge in [0.05, 0.1) is 0 Å². The van der Waals surface area contributed by atoms with Gasteiger partial charge in [-0.3, -0.25) is 0 Å². The topological polar surface area (TPSA) is 21.3 Å². The SMILES string of the molecule is CNCc1cc(C)c(OCc2c(C)cccc2C)c(C)c1. The number of nitrogens with one attached hydrogen (secondary N) is 1. The molecule has 1 N–H and O–H groups in total. The summed E-state index contributed by atoms with van der Waals surface area (Å²) < 4.78 is 6.13. The van der Waals surface area contributed by atoms with Crippen molar-refractivity contribution in [1.82, 2.24) is 5.32 Å². The third kappa shape index (κ3) is 3.64. The summed E-state index contributed by atoms with van der Waals surface area (Å²) in [6.45, 7) is 10.0. The molecule has 2 nitrogen and oxygen atoms in total. The Labute approximate surface area is 128 Å². The van der Waals surface area contributed by atoms with E-state index in [1.165, 1.54) is 33.4 Å². The first-order valence-corrected chi connectivity index (χ1v) is 7.45. The maximum absolute atomic E-state index is 6.13. The van der Waals surface area contributed by atoms with Gasteiger partial charge in [-0.15, -0.1) is 0 Å². The smallest absolute Gasteiger partial charge is 0.125 e. The third-order valence-electron chi connectivity index (χ3n) is 3.91. The quantitative estimate of drug-likeness (QED) is 0.887. The van der Waals surface area contributed by atoms with Crippen molar-refractivity contribution in [3.05, 3.63) is 63.7 Å². The summed E-state index contributed by atoms with van der Waals surface area (Å²) in [5.41, 5.74) is 7.56. The van der Waals surface area contributed by atoms with E-state index in [1.807, 2.05) is 7.05 Å². The van der Waals surface area contributed by atoms with Gasteiger partial charge in [-0.25, -0.2) is 0 Å². The number of benzene rings is 2. The first kappa shape index (κ1) is 15.6. The van der Waals surface area contributed by atoms with E-state index in [4.69, 9.17) is 4.74 Å². The second-order valence-corrected chi connectivity index (χ2v) is 5.75. The predicted octanol–water partition coefficient (Wildman–Crippen LogP) is 4.22. The highest BCUT2D eigenvalue weighted by Gasteiger charge is 2.09. The van der Waals surface area contributed by atoms with Crippen LogP contribution in [0.5, 0.6) is 5.75 Å². The van der Waals surface area contributed by atoms with Crippen LogP contribution in [-0.4, -0.2) is 7.05 Å². The molecule has 0 heterocycles. The fraction of sp³-hybridized carbons (Fsp3) is 0.368. The highest BCUT2D eigenvalue weighted by molar-refractivity contribution is 5.44. The van der Waals surface area contributed by atoms with Crippen LogP contribution in [0.2, 0.25) is 0 Å². The number of aryl methyl sites for hydroxylation is 4. The first-order chi connectivity index (χ1) is 10.0. The summed E-state index contributed by atoms with van der Waals surface area (Å²) in [5.74, 6) is 1.01. The molecule has 21 heavy (non-hydrogen) atoms. The van der Waals surface area contributed by atoms with Crippen LogP contribution in [0.3, 0.4) is 0 Å². The fourth-order valence-corrected chi connectivity index (χ4v) is 2.79. The molecule has 0 bridgehead atoms. The monoisotopic (exact) mass is 283 g/mol. The molecule has 112 valence electrons. The molecule has 0 amide bonds. The van der Waals surface area contributed by atoms with E-state index in [2.05, 4.69) is 63.3 Å². The first-order valence-electron chi connectivity index (χ1n) is 7.45. The minimum atomic E-state index is 0.631. The van der Waals surface area contributed by atoms with Crippen LogP contribution in [0.25, 0.3) is 0 Å². The van der Waals surface area contributed by atoms with Crippen LogP contribution >= 0.6 is 0 Å². The number of hydrogen-bond donors (Lipinski definition) is 1. The molecule has 0 unspecified atom stereocenters. The summed E-state index contributed by atoms with van der Waals surface area (Å²) in [6.07, 6.45) is 0. The molecule has 2 aromatic carbocycles. The maximum Gasteiger partial charge on any atom is 0.125 e. The standard InChI is InChI=1S/C19H25NO/c1-13-7-6-8-14(2)18(13)12-21-19-15(3)9-17(11-20-5)10-16(19)4/h6-10,20H,11-12H2,1-5H3. The van der Waals surface area contributed by atoms with Crippen LogP contribution in [-0.2, 0) is 13.2 Å². The van der Waals surface area contributed by atoms with E-state index in [0.29, 0.717) is 6.61 Å². The Morgan fingerprint density at radius 2 is 1.48 bits per heavy atom. The van der Waals surface area contributed by atoms with Gasteiger partial charge >= 0.3 is 0 Å². The van der Waals surface area contributed by atoms with Crippen molar-refractivity contribution < 1.29 is 4.74 Å². The Kier molecular flexibility index (Phi) is 5.03. The largest absolute Gasteiger partial charge is 0.488 e. The molecule has 0 aliphatic rings. The molecule has 0 saturated heterocycles. The second kappa shape index (κ2) is 6.77. The fourth-order valence-electron chi connectivity index (χ4n) is 2.79. The minimum absolute atomic E-state index is 0.631. The summed E-state index contributed by atoms with van der Waals surface area (Å²) >= 11 is 0. The van der Waals surface area contributed by atoms with Crippen LogP contribution in [0.1, 0.15) is 33.4 Å². The minimum Gasteiger partial charge on any atom is -0.488 e. The average Bonchev–Trinajstić information content (AvgIpc) is 2.41. The summed E-state index contributed by atoms with van der Waals surface area (Å²) in [5, 5.41) is 3.19. The molecule has 0 aliphatic carbocycles. The molecule has 2 heteroatoms. The lowest BCUT2D eigenvalue weighted by atomic mass is 10.0. The molecular formula is C19H25NO. The second-order valence-electron chi connectivity index (χ2n) is 5.75. The third-order valence-corrected chi connectivity index (χ3v) is 3.91. The Bertz CT molecular complexity index is 588. The lowest BCUT2D eigenvalue weighted by molar-refractivity contribution is 0.300. The van der Waals surface area contributed by atoms with Gasteiger partial charge in [-0.2, -0.15) is 0 Å². The van der Waals surface area contributed by atoms with Crippen molar-refractivity contribution in [2.45, 2.75) is 40.8 Å². The molecule has 0 fully saturated rings. The van der Waals surface area contributed by atoms with Crippen molar-refractivity contribution in [2.75, 3.05) is 7.05 Å². The predicted molar refractivity (Wildman–Crippen MR) is 88.9 cm³/mol. The lowest BCUT2D eigenvalue weighted by Crippen LogP contribution is -2.07. The molecule has 0 atom stereocenters. The summed E-state index contributed by atoms with van der Waals surface area (Å²) in [4.78, 5) is 0. The van der Waals surface area contributed by atoms with E-state index in [1.54, 1.807) is 0 Å². The lowest BCUT2D eigenvalue weighted by Gasteiger charge is -2.16. The van der Waals surface area contributed by atoms with Gasteiger partial charge in [0.25, 0.3) is 0 Å². The molecule has 2 rings (SSSR count). The van der Waals surface area contributed by atoms with E-state index in [0.717, 1.165) is 12.3 Å². The van der Waals surface area contributed by atoms with E-state index >= 15 is 0 Å². The van der Waals surface area contributed by atoms with E-state index in [-0.39, 0.29) is 0 Å². The molecule has 0 spiro atoms. The Balaban J connectivity index is 2.21. The van der Waals surface area contributed by atoms with Crippen LogP contribution in [0, 0.1) is 27.7 Å². The molecular weight excluding hydrogens is 258 g/mol. The Morgan fingerprint density at radius 3 is 2.00 bits per heavy atom.